The van der Waals surface area contributed by atoms with Crippen LogP contribution in [-0.2, 0) is 9.53 Å². The summed E-state index contributed by atoms with van der Waals surface area (Å²) in [5, 5.41) is 14.1. The number of carbonyl (C=O) groups excluding carboxylic acids is 1. The first-order valence-corrected chi connectivity index (χ1v) is 5.46. The summed E-state index contributed by atoms with van der Waals surface area (Å²) in [5.41, 5.74) is 0.630. The number of ether oxygens (including phenoxy) is 1. The number of aromatic nitrogens is 1. The molecule has 98 valence electrons. The third-order valence-electron chi connectivity index (χ3n) is 2.53. The molecule has 0 radical (unpaired) electrons. The lowest BCUT2D eigenvalue weighted by molar-refractivity contribution is -0.384. The maximum absolute atomic E-state index is 11.0. The van der Waals surface area contributed by atoms with Gasteiger partial charge in [0.1, 0.15) is 12.4 Å². The summed E-state index contributed by atoms with van der Waals surface area (Å²) in [6.45, 7) is 0.0159. The summed E-state index contributed by atoms with van der Waals surface area (Å²) in [6.07, 6.45) is 0. The number of hydrogen-bond acceptors (Lipinski definition) is 6. The molecular weight excluding hydrogens is 250 g/mol. The van der Waals surface area contributed by atoms with E-state index in [0.29, 0.717) is 16.7 Å². The molecule has 0 bridgehead atoms. The van der Waals surface area contributed by atoms with Crippen molar-refractivity contribution in [1.82, 2.24) is 4.98 Å². The molecule has 2 rings (SSSR count). The Morgan fingerprint density at radius 2 is 2.21 bits per heavy atom. The lowest BCUT2D eigenvalue weighted by atomic mass is 10.2. The van der Waals surface area contributed by atoms with Crippen LogP contribution in [0.1, 0.15) is 0 Å². The van der Waals surface area contributed by atoms with Gasteiger partial charge in [-0.05, 0) is 18.2 Å². The lowest BCUT2D eigenvalue weighted by Gasteiger charge is -2.05. The van der Waals surface area contributed by atoms with Gasteiger partial charge in [0.25, 0.3) is 5.69 Å². The van der Waals surface area contributed by atoms with Crippen molar-refractivity contribution < 1.29 is 14.5 Å². The van der Waals surface area contributed by atoms with Crippen molar-refractivity contribution in [3.05, 3.63) is 40.4 Å². The second-order valence-electron chi connectivity index (χ2n) is 3.76. The number of hydrogen-bond donors (Lipinski definition) is 1. The van der Waals surface area contributed by atoms with Crippen LogP contribution in [0.5, 0.6) is 0 Å². The molecule has 0 aliphatic carbocycles. The van der Waals surface area contributed by atoms with Crippen LogP contribution in [0.4, 0.5) is 11.5 Å². The molecule has 0 aliphatic rings. The SMILES string of the molecule is COC(=O)CNc1ccc2cc([N+](=O)[O-])ccc2n1. The van der Waals surface area contributed by atoms with E-state index in [0.717, 1.165) is 0 Å². The van der Waals surface area contributed by atoms with E-state index in [2.05, 4.69) is 15.0 Å². The zero-order valence-electron chi connectivity index (χ0n) is 10.1. The third kappa shape index (κ3) is 2.95. The Labute approximate surface area is 108 Å². The maximum atomic E-state index is 11.0. The van der Waals surface area contributed by atoms with Crippen LogP contribution in [0, 0.1) is 10.1 Å². The first-order chi connectivity index (χ1) is 9.10. The van der Waals surface area contributed by atoms with Crippen LogP contribution in [-0.4, -0.2) is 29.5 Å². The predicted molar refractivity (Wildman–Crippen MR) is 68.9 cm³/mol. The standard InChI is InChI=1S/C12H11N3O4/c1-19-12(16)7-13-11-5-2-8-6-9(15(17)18)3-4-10(8)14-11/h2-6H,7H2,1H3,(H,13,14). The number of non-ortho nitro benzene ring substituents is 1. The Kier molecular flexibility index (Phi) is 3.56. The van der Waals surface area contributed by atoms with E-state index in [1.165, 1.54) is 19.2 Å². The largest absolute Gasteiger partial charge is 0.468 e. The van der Waals surface area contributed by atoms with Crippen molar-refractivity contribution in [2.75, 3.05) is 19.0 Å². The molecule has 0 saturated heterocycles. The van der Waals surface area contributed by atoms with E-state index >= 15 is 0 Å². The van der Waals surface area contributed by atoms with E-state index in [4.69, 9.17) is 0 Å². The summed E-state index contributed by atoms with van der Waals surface area (Å²) >= 11 is 0. The van der Waals surface area contributed by atoms with Gasteiger partial charge in [-0.1, -0.05) is 0 Å². The van der Waals surface area contributed by atoms with E-state index in [9.17, 15) is 14.9 Å². The number of fused-ring (bicyclic) bond motifs is 1. The molecule has 19 heavy (non-hydrogen) atoms. The summed E-state index contributed by atoms with van der Waals surface area (Å²) in [4.78, 5) is 25.4. The minimum absolute atomic E-state index is 0.0159. The van der Waals surface area contributed by atoms with Gasteiger partial charge >= 0.3 is 5.97 Å². The topological polar surface area (TPSA) is 94.4 Å². The van der Waals surface area contributed by atoms with Crippen molar-refractivity contribution in [2.45, 2.75) is 0 Å². The highest BCUT2D eigenvalue weighted by atomic mass is 16.6. The fourth-order valence-electron chi connectivity index (χ4n) is 1.56. The van der Waals surface area contributed by atoms with E-state index in [1.54, 1.807) is 18.2 Å². The molecule has 0 amide bonds. The second-order valence-corrected chi connectivity index (χ2v) is 3.76. The first kappa shape index (κ1) is 12.7. The van der Waals surface area contributed by atoms with Gasteiger partial charge in [-0.25, -0.2) is 4.98 Å². The number of nitro groups is 1. The molecule has 1 N–H and O–H groups in total. The fraction of sp³-hybridized carbons (Fsp3) is 0.167. The van der Waals surface area contributed by atoms with Crippen LogP contribution in [0.25, 0.3) is 10.9 Å². The average Bonchev–Trinajstić information content (AvgIpc) is 2.43. The molecule has 7 nitrogen and oxygen atoms in total. The summed E-state index contributed by atoms with van der Waals surface area (Å²) in [6, 6.07) is 7.76. The van der Waals surface area contributed by atoms with Gasteiger partial charge in [0.05, 0.1) is 17.5 Å². The number of nitrogens with zero attached hydrogens (tertiary/aromatic N) is 2. The smallest absolute Gasteiger partial charge is 0.325 e. The Balaban J connectivity index is 2.24. The van der Waals surface area contributed by atoms with Gasteiger partial charge in [0.2, 0.25) is 0 Å². The quantitative estimate of drug-likeness (QED) is 0.511. The molecule has 0 fully saturated rings. The van der Waals surface area contributed by atoms with Crippen molar-refractivity contribution in [3.63, 3.8) is 0 Å². The van der Waals surface area contributed by atoms with E-state index in [-0.39, 0.29) is 12.2 Å². The molecular formula is C12H11N3O4. The molecule has 7 heteroatoms. The van der Waals surface area contributed by atoms with Gasteiger partial charge in [0, 0.05) is 17.5 Å². The van der Waals surface area contributed by atoms with Gasteiger partial charge < -0.3 is 10.1 Å². The van der Waals surface area contributed by atoms with Crippen LogP contribution in [0.2, 0.25) is 0 Å². The van der Waals surface area contributed by atoms with E-state index < -0.39 is 10.9 Å². The molecule has 1 heterocycles. The number of esters is 1. The molecule has 0 atom stereocenters. The van der Waals surface area contributed by atoms with Gasteiger partial charge in [-0.2, -0.15) is 0 Å². The lowest BCUT2D eigenvalue weighted by Crippen LogP contribution is -2.15. The number of methoxy groups -OCH3 is 1. The maximum Gasteiger partial charge on any atom is 0.325 e. The highest BCUT2D eigenvalue weighted by Gasteiger charge is 2.07. The molecule has 0 saturated carbocycles. The summed E-state index contributed by atoms with van der Waals surface area (Å²) in [5.74, 6) is 0.109. The normalized spacial score (nSPS) is 10.2. The molecule has 0 aliphatic heterocycles. The number of nitro benzene ring substituents is 1. The van der Waals surface area contributed by atoms with Gasteiger partial charge in [-0.3, -0.25) is 14.9 Å². The predicted octanol–water partition coefficient (Wildman–Crippen LogP) is 1.73. The number of rotatable bonds is 4. The molecule has 1 aromatic heterocycles. The van der Waals surface area contributed by atoms with Gasteiger partial charge in [-0.15, -0.1) is 0 Å². The average molecular weight is 261 g/mol. The zero-order chi connectivity index (χ0) is 13.8. The Bertz CT molecular complexity index is 642. The number of carbonyl (C=O) groups is 1. The Morgan fingerprint density at radius 3 is 2.89 bits per heavy atom. The molecule has 0 unspecified atom stereocenters. The van der Waals surface area contributed by atoms with Crippen LogP contribution in [0.15, 0.2) is 30.3 Å². The number of benzene rings is 1. The Morgan fingerprint density at radius 1 is 1.42 bits per heavy atom. The molecule has 2 aromatic rings. The summed E-state index contributed by atoms with van der Waals surface area (Å²) in [7, 11) is 1.30. The fourth-order valence-corrected chi connectivity index (χ4v) is 1.56. The number of nitrogens with one attached hydrogen (secondary N) is 1. The number of anilines is 1. The van der Waals surface area contributed by atoms with Crippen molar-refractivity contribution in [1.29, 1.82) is 0 Å². The minimum Gasteiger partial charge on any atom is -0.468 e. The second kappa shape index (κ2) is 5.30. The van der Waals surface area contributed by atoms with Gasteiger partial charge in [0.15, 0.2) is 0 Å². The van der Waals surface area contributed by atoms with Crippen molar-refractivity contribution in [2.24, 2.45) is 0 Å². The Hall–Kier alpha value is -2.70. The highest BCUT2D eigenvalue weighted by molar-refractivity contribution is 5.83. The van der Waals surface area contributed by atoms with Crippen molar-refractivity contribution in [3.8, 4) is 0 Å². The number of pyridine rings is 1. The van der Waals surface area contributed by atoms with Crippen LogP contribution >= 0.6 is 0 Å². The molecule has 0 spiro atoms. The van der Waals surface area contributed by atoms with Crippen LogP contribution in [0.3, 0.4) is 0 Å². The highest BCUT2D eigenvalue weighted by Crippen LogP contribution is 2.20. The zero-order valence-corrected chi connectivity index (χ0v) is 10.1. The van der Waals surface area contributed by atoms with E-state index in [1.807, 2.05) is 0 Å². The molecule has 1 aromatic carbocycles. The third-order valence-corrected chi connectivity index (χ3v) is 2.53. The van der Waals surface area contributed by atoms with Crippen LogP contribution < -0.4 is 5.32 Å². The first-order valence-electron chi connectivity index (χ1n) is 5.46. The van der Waals surface area contributed by atoms with Crippen molar-refractivity contribution >= 4 is 28.4 Å². The monoisotopic (exact) mass is 261 g/mol. The minimum atomic E-state index is -0.456. The summed E-state index contributed by atoms with van der Waals surface area (Å²) < 4.78 is 4.50.